The Labute approximate surface area is 118 Å². The molecule has 0 aliphatic heterocycles. The lowest BCUT2D eigenvalue weighted by Gasteiger charge is -2.07. The third-order valence-electron chi connectivity index (χ3n) is 2.90. The third-order valence-corrected chi connectivity index (χ3v) is 4.38. The van der Waals surface area contributed by atoms with Gasteiger partial charge in [-0.3, -0.25) is 0 Å². The molecule has 0 spiro atoms. The Hall–Kier alpha value is -1.93. The molecule has 1 heterocycles. The molecule has 20 heavy (non-hydrogen) atoms. The maximum atomic E-state index is 12.1. The minimum atomic E-state index is -3.49. The van der Waals surface area contributed by atoms with Crippen LogP contribution in [0, 0.1) is 0 Å². The second-order valence-corrected chi connectivity index (χ2v) is 6.05. The van der Waals surface area contributed by atoms with Crippen LogP contribution in [0.3, 0.4) is 0 Å². The van der Waals surface area contributed by atoms with Crippen LogP contribution < -0.4 is 10.0 Å². The Kier molecular flexibility index (Phi) is 4.35. The zero-order valence-corrected chi connectivity index (χ0v) is 12.2. The summed E-state index contributed by atoms with van der Waals surface area (Å²) in [4.78, 5) is 0.245. The Morgan fingerprint density at radius 2 is 1.95 bits per heavy atom. The molecule has 2 N–H and O–H groups in total. The smallest absolute Gasteiger partial charge is 0.240 e. The average Bonchev–Trinajstić information content (AvgIpc) is 2.84. The number of hydrogen-bond donors (Lipinski definition) is 2. The van der Waals surface area contributed by atoms with Crippen LogP contribution in [0.5, 0.6) is 0 Å². The van der Waals surface area contributed by atoms with E-state index in [0.717, 1.165) is 11.5 Å². The van der Waals surface area contributed by atoms with Gasteiger partial charge in [0, 0.05) is 32.7 Å². The van der Waals surface area contributed by atoms with Gasteiger partial charge in [0.1, 0.15) is 12.2 Å². The van der Waals surface area contributed by atoms with Crippen LogP contribution in [0.25, 0.3) is 0 Å². The van der Waals surface area contributed by atoms with Crippen LogP contribution in [-0.4, -0.2) is 36.8 Å². The van der Waals surface area contributed by atoms with Crippen molar-refractivity contribution in [1.82, 2.24) is 19.5 Å². The molecule has 8 heteroatoms. The third kappa shape index (κ3) is 3.34. The van der Waals surface area contributed by atoms with E-state index in [2.05, 4.69) is 20.2 Å². The molecular formula is C12H17N5O2S. The molecule has 2 aromatic rings. The van der Waals surface area contributed by atoms with Gasteiger partial charge in [-0.1, -0.05) is 0 Å². The molecule has 0 unspecified atom stereocenters. The van der Waals surface area contributed by atoms with Crippen molar-refractivity contribution in [2.75, 3.05) is 18.9 Å². The molecule has 0 radical (unpaired) electrons. The van der Waals surface area contributed by atoms with Crippen molar-refractivity contribution in [2.24, 2.45) is 7.05 Å². The number of aromatic nitrogens is 3. The zero-order chi connectivity index (χ0) is 14.6. The topological polar surface area (TPSA) is 88.9 Å². The molecule has 0 saturated carbocycles. The molecular weight excluding hydrogens is 278 g/mol. The summed E-state index contributed by atoms with van der Waals surface area (Å²) in [5, 5.41) is 10.6. The van der Waals surface area contributed by atoms with Crippen molar-refractivity contribution in [3.63, 3.8) is 0 Å². The van der Waals surface area contributed by atoms with E-state index in [1.165, 1.54) is 0 Å². The van der Waals surface area contributed by atoms with Gasteiger partial charge >= 0.3 is 0 Å². The van der Waals surface area contributed by atoms with Gasteiger partial charge in [-0.15, -0.1) is 10.2 Å². The van der Waals surface area contributed by atoms with E-state index in [4.69, 9.17) is 0 Å². The molecule has 108 valence electrons. The lowest BCUT2D eigenvalue weighted by atomic mass is 10.3. The van der Waals surface area contributed by atoms with Crippen molar-refractivity contribution >= 4 is 15.7 Å². The number of aryl methyl sites for hydroxylation is 1. The Bertz CT molecular complexity index is 663. The van der Waals surface area contributed by atoms with E-state index >= 15 is 0 Å². The van der Waals surface area contributed by atoms with Crippen molar-refractivity contribution in [2.45, 2.75) is 11.3 Å². The molecule has 1 aromatic heterocycles. The lowest BCUT2D eigenvalue weighted by molar-refractivity contribution is 0.580. The van der Waals surface area contributed by atoms with Crippen LogP contribution in [0.4, 0.5) is 5.69 Å². The second kappa shape index (κ2) is 6.02. The Balaban J connectivity index is 1.98. The van der Waals surface area contributed by atoms with Gasteiger partial charge < -0.3 is 9.88 Å². The molecule has 0 saturated heterocycles. The molecule has 0 aliphatic rings. The molecule has 0 bridgehead atoms. The second-order valence-electron chi connectivity index (χ2n) is 4.28. The summed E-state index contributed by atoms with van der Waals surface area (Å²) in [6.07, 6.45) is 2.07. The average molecular weight is 295 g/mol. The number of nitrogens with zero attached hydrogens (tertiary/aromatic N) is 3. The maximum Gasteiger partial charge on any atom is 0.240 e. The van der Waals surface area contributed by atoms with E-state index in [1.807, 2.05) is 7.05 Å². The zero-order valence-electron chi connectivity index (χ0n) is 11.4. The number of nitrogens with one attached hydrogen (secondary N) is 2. The molecule has 0 aliphatic carbocycles. The van der Waals surface area contributed by atoms with Crippen molar-refractivity contribution in [3.05, 3.63) is 36.4 Å². The first-order valence-corrected chi connectivity index (χ1v) is 7.61. The number of anilines is 1. The predicted molar refractivity (Wildman–Crippen MR) is 75.9 cm³/mol. The van der Waals surface area contributed by atoms with Crippen LogP contribution in [0.2, 0.25) is 0 Å². The van der Waals surface area contributed by atoms with E-state index in [9.17, 15) is 8.42 Å². The Morgan fingerprint density at radius 1 is 1.25 bits per heavy atom. The van der Waals surface area contributed by atoms with Crippen LogP contribution in [0.1, 0.15) is 5.82 Å². The van der Waals surface area contributed by atoms with Crippen molar-refractivity contribution in [1.29, 1.82) is 0 Å². The highest BCUT2D eigenvalue weighted by atomic mass is 32.2. The summed E-state index contributed by atoms with van der Waals surface area (Å²) in [5.41, 5.74) is 0.864. The van der Waals surface area contributed by atoms with Gasteiger partial charge in [0.25, 0.3) is 0 Å². The highest BCUT2D eigenvalue weighted by Crippen LogP contribution is 2.13. The SMILES string of the molecule is CNc1ccc(S(=O)(=O)NCCc2nncn2C)cc1. The molecule has 0 atom stereocenters. The van der Waals surface area contributed by atoms with Gasteiger partial charge in [-0.05, 0) is 24.3 Å². The fourth-order valence-electron chi connectivity index (χ4n) is 1.71. The standard InChI is InChI=1S/C12H17N5O2S/c1-13-10-3-5-11(6-4-10)20(18,19)15-8-7-12-16-14-9-17(12)2/h3-6,9,13,15H,7-8H2,1-2H3. The van der Waals surface area contributed by atoms with Crippen molar-refractivity contribution < 1.29 is 8.42 Å². The van der Waals surface area contributed by atoms with Gasteiger partial charge in [-0.25, -0.2) is 13.1 Å². The summed E-state index contributed by atoms with van der Waals surface area (Å²) >= 11 is 0. The molecule has 0 fully saturated rings. The van der Waals surface area contributed by atoms with Crippen LogP contribution >= 0.6 is 0 Å². The van der Waals surface area contributed by atoms with E-state index in [0.29, 0.717) is 6.42 Å². The fraction of sp³-hybridized carbons (Fsp3) is 0.333. The lowest BCUT2D eigenvalue weighted by Crippen LogP contribution is -2.26. The van der Waals surface area contributed by atoms with Gasteiger partial charge in [0.15, 0.2) is 0 Å². The van der Waals surface area contributed by atoms with Gasteiger partial charge in [0.2, 0.25) is 10.0 Å². The number of sulfonamides is 1. The molecule has 0 amide bonds. The number of benzene rings is 1. The summed E-state index contributed by atoms with van der Waals surface area (Å²) < 4.78 is 28.5. The number of hydrogen-bond acceptors (Lipinski definition) is 5. The largest absolute Gasteiger partial charge is 0.388 e. The Morgan fingerprint density at radius 3 is 2.50 bits per heavy atom. The first kappa shape index (κ1) is 14.5. The maximum absolute atomic E-state index is 12.1. The first-order valence-electron chi connectivity index (χ1n) is 6.13. The first-order chi connectivity index (χ1) is 9.53. The molecule has 1 aromatic carbocycles. The van der Waals surface area contributed by atoms with Crippen molar-refractivity contribution in [3.8, 4) is 0 Å². The van der Waals surface area contributed by atoms with Gasteiger partial charge in [0.05, 0.1) is 4.90 Å². The normalized spacial score (nSPS) is 11.5. The fourth-order valence-corrected chi connectivity index (χ4v) is 2.75. The summed E-state index contributed by atoms with van der Waals surface area (Å²) in [6, 6.07) is 6.57. The summed E-state index contributed by atoms with van der Waals surface area (Å²) in [6.45, 7) is 0.280. The van der Waals surface area contributed by atoms with E-state index in [-0.39, 0.29) is 11.4 Å². The number of rotatable bonds is 6. The quantitative estimate of drug-likeness (QED) is 0.804. The van der Waals surface area contributed by atoms with Crippen LogP contribution in [0.15, 0.2) is 35.5 Å². The minimum Gasteiger partial charge on any atom is -0.388 e. The highest BCUT2D eigenvalue weighted by Gasteiger charge is 2.13. The molecule has 7 nitrogen and oxygen atoms in total. The monoisotopic (exact) mass is 295 g/mol. The summed E-state index contributed by atoms with van der Waals surface area (Å²) in [7, 11) is 0.114. The highest BCUT2D eigenvalue weighted by molar-refractivity contribution is 7.89. The van der Waals surface area contributed by atoms with E-state index < -0.39 is 10.0 Å². The van der Waals surface area contributed by atoms with Gasteiger partial charge in [-0.2, -0.15) is 0 Å². The predicted octanol–water partition coefficient (Wildman–Crippen LogP) is 0.378. The van der Waals surface area contributed by atoms with E-state index in [1.54, 1.807) is 42.2 Å². The minimum absolute atomic E-state index is 0.245. The summed E-state index contributed by atoms with van der Waals surface area (Å²) in [5.74, 6) is 0.734. The van der Waals surface area contributed by atoms with Crippen LogP contribution in [-0.2, 0) is 23.5 Å². The molecule has 2 rings (SSSR count).